The Labute approximate surface area is 165 Å². The molecule has 3 rings (SSSR count). The minimum absolute atomic E-state index is 0.0374. The number of thiazole rings is 2. The number of carbonyl (C=O) groups is 1. The van der Waals surface area contributed by atoms with Crippen molar-refractivity contribution in [3.8, 4) is 5.75 Å². The zero-order valence-corrected chi connectivity index (χ0v) is 16.2. The molecule has 0 unspecified atom stereocenters. The second-order valence-electron chi connectivity index (χ2n) is 5.16. The van der Waals surface area contributed by atoms with Crippen molar-refractivity contribution in [1.29, 1.82) is 0 Å². The molecule has 138 valence electrons. The number of aromatic amines is 1. The van der Waals surface area contributed by atoms with E-state index >= 15 is 0 Å². The summed E-state index contributed by atoms with van der Waals surface area (Å²) in [6, 6.07) is 4.34. The van der Waals surface area contributed by atoms with Crippen molar-refractivity contribution in [3.05, 3.63) is 53.8 Å². The summed E-state index contributed by atoms with van der Waals surface area (Å²) in [7, 11) is 0. The van der Waals surface area contributed by atoms with E-state index < -0.39 is 0 Å². The van der Waals surface area contributed by atoms with E-state index in [4.69, 9.17) is 11.6 Å². The Bertz CT molecular complexity index is 1200. The molecule has 0 aliphatic carbocycles. The molecule has 3 N–H and O–H groups in total. The maximum atomic E-state index is 12.1. The Kier molecular flexibility index (Phi) is 5.79. The molecule has 0 aliphatic rings. The number of rotatable bonds is 4. The Morgan fingerprint density at radius 1 is 1.41 bits per heavy atom. The first-order valence-corrected chi connectivity index (χ1v) is 9.45. The summed E-state index contributed by atoms with van der Waals surface area (Å²) < 4.78 is 0.980. The van der Waals surface area contributed by atoms with Crippen molar-refractivity contribution >= 4 is 63.3 Å². The third-order valence-corrected chi connectivity index (χ3v) is 5.15. The molecule has 1 amide bonds. The van der Waals surface area contributed by atoms with Crippen LogP contribution in [-0.4, -0.2) is 21.0 Å². The monoisotopic (exact) mass is 421 g/mol. The molecule has 8 nitrogen and oxygen atoms in total. The Morgan fingerprint density at radius 2 is 2.22 bits per heavy atom. The molecule has 2 aromatic heterocycles. The zero-order valence-electron chi connectivity index (χ0n) is 13.8. The van der Waals surface area contributed by atoms with Gasteiger partial charge in [0.1, 0.15) is 16.1 Å². The summed E-state index contributed by atoms with van der Waals surface area (Å²) in [5.74, 6) is -0.170. The van der Waals surface area contributed by atoms with Gasteiger partial charge in [-0.15, -0.1) is 16.5 Å². The summed E-state index contributed by atoms with van der Waals surface area (Å²) in [4.78, 5) is 30.5. The predicted molar refractivity (Wildman–Crippen MR) is 106 cm³/mol. The van der Waals surface area contributed by atoms with Gasteiger partial charge in [0.2, 0.25) is 5.91 Å². The van der Waals surface area contributed by atoms with Gasteiger partial charge >= 0.3 is 0 Å². The quantitative estimate of drug-likeness (QED) is 0.560. The second kappa shape index (κ2) is 8.25. The number of aromatic nitrogens is 2. The number of azo groups is 1. The van der Waals surface area contributed by atoms with Crippen molar-refractivity contribution in [2.75, 3.05) is 5.32 Å². The van der Waals surface area contributed by atoms with Gasteiger partial charge in [0.25, 0.3) is 5.56 Å². The number of hydrogen-bond donors (Lipinski definition) is 3. The predicted octanol–water partition coefficient (Wildman–Crippen LogP) is 2.56. The van der Waals surface area contributed by atoms with E-state index in [2.05, 4.69) is 25.5 Å². The zero-order chi connectivity index (χ0) is 19.4. The topological polar surface area (TPSA) is 120 Å². The summed E-state index contributed by atoms with van der Waals surface area (Å²) in [5.41, 5.74) is 0.130. The summed E-state index contributed by atoms with van der Waals surface area (Å²) in [5, 5.41) is 20.5. The van der Waals surface area contributed by atoms with Gasteiger partial charge < -0.3 is 15.4 Å². The molecular weight excluding hydrogens is 410 g/mol. The highest BCUT2D eigenvalue weighted by atomic mass is 35.5. The van der Waals surface area contributed by atoms with Gasteiger partial charge in [-0.3, -0.25) is 9.59 Å². The summed E-state index contributed by atoms with van der Waals surface area (Å²) in [6.07, 6.45) is 4.66. The normalized spacial score (nSPS) is 12.8. The maximum absolute atomic E-state index is 12.1. The number of nitrogens with one attached hydrogen (secondary N) is 2. The van der Waals surface area contributed by atoms with Crippen LogP contribution in [0.15, 0.2) is 39.4 Å². The van der Waals surface area contributed by atoms with E-state index in [1.807, 2.05) is 0 Å². The lowest BCUT2D eigenvalue weighted by Crippen LogP contribution is -2.19. The van der Waals surface area contributed by atoms with Gasteiger partial charge in [-0.25, -0.2) is 4.98 Å². The van der Waals surface area contributed by atoms with Crippen molar-refractivity contribution in [3.63, 3.8) is 0 Å². The van der Waals surface area contributed by atoms with Gasteiger partial charge in [-0.1, -0.05) is 22.9 Å². The fourth-order valence-corrected chi connectivity index (χ4v) is 3.83. The van der Waals surface area contributed by atoms with Crippen LogP contribution in [0.1, 0.15) is 11.8 Å². The number of amides is 1. The average molecular weight is 422 g/mol. The lowest BCUT2D eigenvalue weighted by atomic mass is 10.3. The fraction of sp³-hybridized carbons (Fsp3) is 0.0625. The minimum Gasteiger partial charge on any atom is -0.508 e. The Balaban J connectivity index is 1.84. The van der Waals surface area contributed by atoms with Crippen molar-refractivity contribution < 1.29 is 9.90 Å². The molecule has 0 saturated heterocycles. The maximum Gasteiger partial charge on any atom is 0.266 e. The van der Waals surface area contributed by atoms with E-state index in [0.717, 1.165) is 4.88 Å². The molecule has 0 fully saturated rings. The number of halogens is 1. The molecule has 1 aromatic carbocycles. The third-order valence-electron chi connectivity index (χ3n) is 3.03. The molecule has 0 aliphatic heterocycles. The summed E-state index contributed by atoms with van der Waals surface area (Å²) in [6.45, 7) is 1.40. The molecule has 0 spiro atoms. The fourth-order valence-electron chi connectivity index (χ4n) is 1.93. The van der Waals surface area contributed by atoms with E-state index in [0.29, 0.717) is 20.0 Å². The third kappa shape index (κ3) is 5.09. The van der Waals surface area contributed by atoms with Crippen molar-refractivity contribution in [2.24, 2.45) is 10.2 Å². The van der Waals surface area contributed by atoms with Gasteiger partial charge in [0.05, 0.1) is 20.6 Å². The highest BCUT2D eigenvalue weighted by Crippen LogP contribution is 2.28. The van der Waals surface area contributed by atoms with E-state index in [1.165, 1.54) is 54.0 Å². The average Bonchev–Trinajstić information content (AvgIpc) is 3.16. The van der Waals surface area contributed by atoms with Gasteiger partial charge in [0.15, 0.2) is 5.13 Å². The Hall–Kier alpha value is -2.82. The number of phenols is 1. The van der Waals surface area contributed by atoms with Crippen molar-refractivity contribution in [1.82, 2.24) is 9.97 Å². The first kappa shape index (κ1) is 19.0. The number of aromatic hydroxyl groups is 1. The minimum atomic E-state index is -0.265. The second-order valence-corrected chi connectivity index (χ2v) is 7.71. The molecule has 0 radical (unpaired) electrons. The first-order chi connectivity index (χ1) is 12.9. The van der Waals surface area contributed by atoms with Crippen LogP contribution in [-0.2, 0) is 4.79 Å². The van der Waals surface area contributed by atoms with Crippen LogP contribution < -0.4 is 20.1 Å². The van der Waals surface area contributed by atoms with Crippen LogP contribution in [0.5, 0.6) is 5.75 Å². The number of nitrogens with zero attached hydrogens (tertiary/aromatic N) is 3. The lowest BCUT2D eigenvalue weighted by molar-refractivity contribution is -0.114. The standard InChI is InChI=1S/C16H12ClN5O3S2/c1-8(23)20-16-18-6-10(26-16)5-13-15(25)21-14(27-13)7-19-22-12-3-2-9(24)4-11(12)17/h2-7,24H,1H3,(H,21,25)(H,18,20,23)/b13-5-,14-7-,22-19?. The van der Waals surface area contributed by atoms with Crippen LogP contribution in [0, 0.1) is 0 Å². The highest BCUT2D eigenvalue weighted by Gasteiger charge is 2.03. The van der Waals surface area contributed by atoms with E-state index in [9.17, 15) is 14.7 Å². The Morgan fingerprint density at radius 3 is 2.96 bits per heavy atom. The molecule has 0 atom stereocenters. The number of H-pyrrole nitrogens is 1. The van der Waals surface area contributed by atoms with Gasteiger partial charge in [-0.2, -0.15) is 5.11 Å². The van der Waals surface area contributed by atoms with E-state index in [-0.39, 0.29) is 22.2 Å². The van der Waals surface area contributed by atoms with Gasteiger partial charge in [-0.05, 0) is 18.2 Å². The molecular formula is C16H12ClN5O3S2. The molecule has 11 heteroatoms. The van der Waals surface area contributed by atoms with Crippen LogP contribution in [0.3, 0.4) is 0 Å². The number of anilines is 1. The largest absolute Gasteiger partial charge is 0.508 e. The van der Waals surface area contributed by atoms with Crippen LogP contribution in [0.4, 0.5) is 10.8 Å². The van der Waals surface area contributed by atoms with E-state index in [1.54, 1.807) is 12.3 Å². The highest BCUT2D eigenvalue weighted by molar-refractivity contribution is 7.16. The molecule has 2 heterocycles. The first-order valence-electron chi connectivity index (χ1n) is 7.44. The van der Waals surface area contributed by atoms with Crippen LogP contribution in [0.25, 0.3) is 12.3 Å². The number of phenolic OH excluding ortho intramolecular Hbond substituents is 1. The van der Waals surface area contributed by atoms with Gasteiger partial charge in [0, 0.05) is 19.2 Å². The SMILES string of the molecule is CC(=O)Nc1ncc(/C=c2\s/c(=C\N=Nc3ccc(O)cc3Cl)[nH]c2=O)s1. The number of benzene rings is 1. The van der Waals surface area contributed by atoms with Crippen molar-refractivity contribution in [2.45, 2.75) is 6.92 Å². The molecule has 0 saturated carbocycles. The number of hydrogen-bond acceptors (Lipinski definition) is 8. The number of carbonyl (C=O) groups excluding carboxylic acids is 1. The smallest absolute Gasteiger partial charge is 0.266 e. The molecule has 27 heavy (non-hydrogen) atoms. The molecule has 3 aromatic rings. The van der Waals surface area contributed by atoms with Crippen LogP contribution >= 0.6 is 34.3 Å². The van der Waals surface area contributed by atoms with Crippen LogP contribution in [0.2, 0.25) is 5.02 Å². The summed E-state index contributed by atoms with van der Waals surface area (Å²) >= 11 is 8.41. The lowest BCUT2D eigenvalue weighted by Gasteiger charge is -1.95. The molecule has 0 bridgehead atoms.